The molecule has 0 unspecified atom stereocenters. The van der Waals surface area contributed by atoms with Crippen LogP contribution >= 0.6 is 0 Å². The first-order valence-electron chi connectivity index (χ1n) is 6.93. The highest BCUT2D eigenvalue weighted by molar-refractivity contribution is 6.04. The predicted molar refractivity (Wildman–Crippen MR) is 75.1 cm³/mol. The van der Waals surface area contributed by atoms with E-state index < -0.39 is 11.7 Å². The van der Waals surface area contributed by atoms with Gasteiger partial charge in [-0.05, 0) is 43.4 Å². The van der Waals surface area contributed by atoms with Crippen LogP contribution in [0.5, 0.6) is 0 Å². The summed E-state index contributed by atoms with van der Waals surface area (Å²) in [6, 6.07) is 5.77. The summed E-state index contributed by atoms with van der Waals surface area (Å²) in [5.41, 5.74) is 0.254. The molecule has 1 amide bonds. The molecular weight excluding hydrogens is 259 g/mol. The Morgan fingerprint density at radius 1 is 1.50 bits per heavy atom. The Kier molecular flexibility index (Phi) is 5.09. The lowest BCUT2D eigenvalue weighted by Gasteiger charge is -2.10. The third kappa shape index (κ3) is 4.64. The highest BCUT2D eigenvalue weighted by Gasteiger charge is 2.21. The van der Waals surface area contributed by atoms with Gasteiger partial charge in [0.2, 0.25) is 0 Å². The number of rotatable bonds is 5. The van der Waals surface area contributed by atoms with E-state index in [1.807, 2.05) is 6.92 Å². The smallest absolute Gasteiger partial charge is 0.291 e. The van der Waals surface area contributed by atoms with E-state index in [2.05, 4.69) is 10.3 Å². The molecule has 1 aromatic carbocycles. The normalized spacial score (nSPS) is 15.0. The molecule has 2 rings (SSSR count). The van der Waals surface area contributed by atoms with Gasteiger partial charge in [0.1, 0.15) is 5.82 Å². The number of carbonyl (C=O) groups is 1. The van der Waals surface area contributed by atoms with Gasteiger partial charge in [-0.25, -0.2) is 9.38 Å². The number of nitrogens with zero attached hydrogens (tertiary/aromatic N) is 1. The molecule has 0 aliphatic heterocycles. The van der Waals surface area contributed by atoms with Crippen molar-refractivity contribution in [3.05, 3.63) is 35.6 Å². The molecule has 1 aliphatic rings. The lowest BCUT2D eigenvalue weighted by Crippen LogP contribution is -2.33. The SMILES string of the molecule is CCCOC(=NCC1CC1)NC(=O)c1cccc(F)c1. The first-order chi connectivity index (χ1) is 9.69. The van der Waals surface area contributed by atoms with Crippen LogP contribution in [0.2, 0.25) is 0 Å². The molecule has 108 valence electrons. The van der Waals surface area contributed by atoms with E-state index in [-0.39, 0.29) is 11.6 Å². The Hall–Kier alpha value is -1.91. The van der Waals surface area contributed by atoms with Crippen molar-refractivity contribution >= 4 is 11.9 Å². The molecule has 4 nitrogen and oxygen atoms in total. The van der Waals surface area contributed by atoms with E-state index in [4.69, 9.17) is 4.74 Å². The summed E-state index contributed by atoms with van der Waals surface area (Å²) < 4.78 is 18.5. The van der Waals surface area contributed by atoms with Crippen LogP contribution in [0.1, 0.15) is 36.5 Å². The minimum atomic E-state index is -0.441. The van der Waals surface area contributed by atoms with Crippen LogP contribution in [0.3, 0.4) is 0 Å². The fourth-order valence-corrected chi connectivity index (χ4v) is 1.63. The maximum absolute atomic E-state index is 13.1. The van der Waals surface area contributed by atoms with Crippen molar-refractivity contribution in [1.82, 2.24) is 5.32 Å². The number of halogens is 1. The van der Waals surface area contributed by atoms with E-state index >= 15 is 0 Å². The topological polar surface area (TPSA) is 50.7 Å². The predicted octanol–water partition coefficient (Wildman–Crippen LogP) is 2.75. The van der Waals surface area contributed by atoms with E-state index in [1.165, 1.54) is 31.0 Å². The van der Waals surface area contributed by atoms with Crippen molar-refractivity contribution in [3.8, 4) is 0 Å². The van der Waals surface area contributed by atoms with Gasteiger partial charge in [0.05, 0.1) is 6.61 Å². The largest absolute Gasteiger partial charge is 0.465 e. The summed E-state index contributed by atoms with van der Waals surface area (Å²) in [6.07, 6.45) is 3.20. The second-order valence-corrected chi connectivity index (χ2v) is 4.90. The molecule has 1 fully saturated rings. The number of hydrogen-bond donors (Lipinski definition) is 1. The zero-order valence-electron chi connectivity index (χ0n) is 11.6. The van der Waals surface area contributed by atoms with Gasteiger partial charge in [0.25, 0.3) is 11.9 Å². The van der Waals surface area contributed by atoms with Gasteiger partial charge in [0, 0.05) is 12.1 Å². The summed E-state index contributed by atoms with van der Waals surface area (Å²) in [7, 11) is 0. The average Bonchev–Trinajstić information content (AvgIpc) is 3.26. The molecular formula is C15H19FN2O2. The van der Waals surface area contributed by atoms with Crippen molar-refractivity contribution in [3.63, 3.8) is 0 Å². The Morgan fingerprint density at radius 2 is 2.30 bits per heavy atom. The van der Waals surface area contributed by atoms with E-state index in [0.29, 0.717) is 19.1 Å². The van der Waals surface area contributed by atoms with Crippen LogP contribution in [0, 0.1) is 11.7 Å². The van der Waals surface area contributed by atoms with Crippen LogP contribution < -0.4 is 5.32 Å². The van der Waals surface area contributed by atoms with E-state index in [0.717, 1.165) is 6.42 Å². The van der Waals surface area contributed by atoms with Crippen molar-refractivity contribution in [2.75, 3.05) is 13.2 Å². The molecule has 1 saturated carbocycles. The standard InChI is InChI=1S/C15H19FN2O2/c1-2-8-20-15(17-10-11-6-7-11)18-14(19)12-4-3-5-13(16)9-12/h3-5,9,11H,2,6-8,10H2,1H3,(H,17,18,19). The third-order valence-corrected chi connectivity index (χ3v) is 2.94. The zero-order chi connectivity index (χ0) is 14.4. The molecule has 0 aromatic heterocycles. The van der Waals surface area contributed by atoms with Crippen LogP contribution in [-0.2, 0) is 4.74 Å². The number of nitrogens with one attached hydrogen (secondary N) is 1. The minimum Gasteiger partial charge on any atom is -0.465 e. The number of amides is 1. The number of hydrogen-bond acceptors (Lipinski definition) is 3. The van der Waals surface area contributed by atoms with Gasteiger partial charge in [-0.15, -0.1) is 0 Å². The fourth-order valence-electron chi connectivity index (χ4n) is 1.63. The average molecular weight is 278 g/mol. The molecule has 20 heavy (non-hydrogen) atoms. The first kappa shape index (κ1) is 14.5. The highest BCUT2D eigenvalue weighted by Crippen LogP contribution is 2.28. The summed E-state index contributed by atoms with van der Waals surface area (Å²) >= 11 is 0. The Labute approximate surface area is 118 Å². The maximum atomic E-state index is 13.1. The van der Waals surface area contributed by atoms with Crippen LogP contribution in [-0.4, -0.2) is 25.1 Å². The maximum Gasteiger partial charge on any atom is 0.291 e. The molecule has 0 bridgehead atoms. The molecule has 0 radical (unpaired) electrons. The number of carbonyl (C=O) groups excluding carboxylic acids is 1. The van der Waals surface area contributed by atoms with Gasteiger partial charge < -0.3 is 4.74 Å². The molecule has 0 saturated heterocycles. The van der Waals surface area contributed by atoms with Gasteiger partial charge >= 0.3 is 0 Å². The summed E-state index contributed by atoms with van der Waals surface area (Å²) in [5, 5.41) is 2.60. The van der Waals surface area contributed by atoms with E-state index in [9.17, 15) is 9.18 Å². The number of ether oxygens (including phenoxy) is 1. The second kappa shape index (κ2) is 7.03. The summed E-state index contributed by atoms with van der Waals surface area (Å²) in [4.78, 5) is 16.3. The summed E-state index contributed by atoms with van der Waals surface area (Å²) in [5.74, 6) is -0.236. The van der Waals surface area contributed by atoms with Crippen LogP contribution in [0.25, 0.3) is 0 Å². The Morgan fingerprint density at radius 3 is 2.95 bits per heavy atom. The first-order valence-corrected chi connectivity index (χ1v) is 6.93. The lowest BCUT2D eigenvalue weighted by atomic mass is 10.2. The minimum absolute atomic E-state index is 0.230. The van der Waals surface area contributed by atoms with E-state index in [1.54, 1.807) is 6.07 Å². The number of benzene rings is 1. The number of amidine groups is 1. The number of aliphatic imine (C=N–C) groups is 1. The highest BCUT2D eigenvalue weighted by atomic mass is 19.1. The van der Waals surface area contributed by atoms with Crippen molar-refractivity contribution in [2.45, 2.75) is 26.2 Å². The molecule has 1 N–H and O–H groups in total. The van der Waals surface area contributed by atoms with Gasteiger partial charge in [-0.3, -0.25) is 10.1 Å². The van der Waals surface area contributed by atoms with Crippen LogP contribution in [0.4, 0.5) is 4.39 Å². The van der Waals surface area contributed by atoms with Gasteiger partial charge in [-0.1, -0.05) is 13.0 Å². The van der Waals surface area contributed by atoms with Crippen molar-refractivity contribution in [2.24, 2.45) is 10.9 Å². The van der Waals surface area contributed by atoms with Crippen molar-refractivity contribution in [1.29, 1.82) is 0 Å². The van der Waals surface area contributed by atoms with Gasteiger partial charge in [0.15, 0.2) is 0 Å². The molecule has 1 aliphatic carbocycles. The molecule has 0 atom stereocenters. The second-order valence-electron chi connectivity index (χ2n) is 4.90. The monoisotopic (exact) mass is 278 g/mol. The quantitative estimate of drug-likeness (QED) is 0.665. The Bertz CT molecular complexity index is 498. The molecule has 5 heteroatoms. The third-order valence-electron chi connectivity index (χ3n) is 2.94. The summed E-state index contributed by atoms with van der Waals surface area (Å²) in [6.45, 7) is 3.14. The lowest BCUT2D eigenvalue weighted by molar-refractivity contribution is 0.0965. The molecule has 1 aromatic rings. The molecule has 0 heterocycles. The van der Waals surface area contributed by atoms with Crippen molar-refractivity contribution < 1.29 is 13.9 Å². The fraction of sp³-hybridized carbons (Fsp3) is 0.467. The zero-order valence-corrected chi connectivity index (χ0v) is 11.6. The van der Waals surface area contributed by atoms with Crippen LogP contribution in [0.15, 0.2) is 29.3 Å². The molecule has 0 spiro atoms. The Balaban J connectivity index is 1.98. The van der Waals surface area contributed by atoms with Gasteiger partial charge in [-0.2, -0.15) is 0 Å².